The molecule has 0 unspecified atom stereocenters. The van der Waals surface area contributed by atoms with Crippen LogP contribution in [-0.4, -0.2) is 27.4 Å². The standard InChI is InChI=1S/C19H21F3N2O3S/c1-2-24-15-6-5-12-9-14(4-3-13(12)10-15)17-11-16(27-19(20,21)22)7-8-18(17)28(23,25)26/h3-4,7-9,11,15,24H,2,5-6,10H2,1H3,(H2,23,25,26)/t15-/m0/s1. The van der Waals surface area contributed by atoms with Gasteiger partial charge in [0, 0.05) is 11.6 Å². The third kappa shape index (κ3) is 4.84. The Morgan fingerprint density at radius 2 is 1.93 bits per heavy atom. The van der Waals surface area contributed by atoms with Gasteiger partial charge in [0.25, 0.3) is 0 Å². The highest BCUT2D eigenvalue weighted by atomic mass is 32.2. The number of rotatable bonds is 5. The first-order valence-electron chi connectivity index (χ1n) is 8.85. The fourth-order valence-corrected chi connectivity index (χ4v) is 4.31. The molecule has 3 rings (SSSR count). The van der Waals surface area contributed by atoms with Gasteiger partial charge in [0.15, 0.2) is 0 Å². The molecule has 28 heavy (non-hydrogen) atoms. The molecule has 0 amide bonds. The minimum atomic E-state index is -4.88. The van der Waals surface area contributed by atoms with Crippen molar-refractivity contribution in [2.24, 2.45) is 5.14 Å². The SMILES string of the molecule is CCN[C@H]1CCc2cc(-c3cc(OC(F)(F)F)ccc3S(N)(=O)=O)ccc2C1. The first kappa shape index (κ1) is 20.6. The van der Waals surface area contributed by atoms with E-state index in [-0.39, 0.29) is 10.5 Å². The van der Waals surface area contributed by atoms with Crippen LogP contribution in [0.3, 0.4) is 0 Å². The number of fused-ring (bicyclic) bond motifs is 1. The third-order valence-corrected chi connectivity index (χ3v) is 5.70. The second-order valence-electron chi connectivity index (χ2n) is 6.73. The maximum absolute atomic E-state index is 12.6. The van der Waals surface area contributed by atoms with Crippen LogP contribution in [0.5, 0.6) is 5.75 Å². The van der Waals surface area contributed by atoms with Crippen LogP contribution in [0, 0.1) is 0 Å². The molecule has 0 aromatic heterocycles. The zero-order valence-corrected chi connectivity index (χ0v) is 16.0. The maximum atomic E-state index is 12.6. The van der Waals surface area contributed by atoms with Crippen LogP contribution >= 0.6 is 0 Å². The minimum Gasteiger partial charge on any atom is -0.406 e. The zero-order valence-electron chi connectivity index (χ0n) is 15.2. The van der Waals surface area contributed by atoms with E-state index in [9.17, 15) is 21.6 Å². The van der Waals surface area contributed by atoms with E-state index in [4.69, 9.17) is 5.14 Å². The van der Waals surface area contributed by atoms with Gasteiger partial charge in [0.1, 0.15) is 5.75 Å². The van der Waals surface area contributed by atoms with E-state index in [1.54, 1.807) is 6.07 Å². The van der Waals surface area contributed by atoms with Crippen molar-refractivity contribution in [3.63, 3.8) is 0 Å². The molecule has 0 fully saturated rings. The van der Waals surface area contributed by atoms with Crippen molar-refractivity contribution >= 4 is 10.0 Å². The number of alkyl halides is 3. The Bertz CT molecular complexity index is 975. The molecule has 5 nitrogen and oxygen atoms in total. The number of sulfonamides is 1. The van der Waals surface area contributed by atoms with Crippen LogP contribution < -0.4 is 15.2 Å². The second kappa shape index (κ2) is 7.73. The number of benzene rings is 2. The predicted molar refractivity (Wildman–Crippen MR) is 99.4 cm³/mol. The number of hydrogen-bond donors (Lipinski definition) is 2. The maximum Gasteiger partial charge on any atom is 0.573 e. The molecular formula is C19H21F3N2O3S. The van der Waals surface area contributed by atoms with Crippen molar-refractivity contribution in [1.82, 2.24) is 5.32 Å². The Morgan fingerprint density at radius 3 is 2.57 bits per heavy atom. The Hall–Kier alpha value is -2.10. The van der Waals surface area contributed by atoms with Gasteiger partial charge in [0.2, 0.25) is 10.0 Å². The number of ether oxygens (including phenoxy) is 1. The third-order valence-electron chi connectivity index (χ3n) is 4.73. The minimum absolute atomic E-state index is 0.0841. The Kier molecular flexibility index (Phi) is 5.69. The van der Waals surface area contributed by atoms with Crippen LogP contribution in [0.4, 0.5) is 13.2 Å². The van der Waals surface area contributed by atoms with E-state index in [1.165, 1.54) is 0 Å². The van der Waals surface area contributed by atoms with Crippen molar-refractivity contribution in [2.75, 3.05) is 6.54 Å². The van der Waals surface area contributed by atoms with Crippen LogP contribution in [0.25, 0.3) is 11.1 Å². The second-order valence-corrected chi connectivity index (χ2v) is 8.26. The van der Waals surface area contributed by atoms with Crippen LogP contribution in [0.2, 0.25) is 0 Å². The van der Waals surface area contributed by atoms with E-state index < -0.39 is 22.1 Å². The Morgan fingerprint density at radius 1 is 1.18 bits per heavy atom. The van der Waals surface area contributed by atoms with Crippen LogP contribution in [0.1, 0.15) is 24.5 Å². The van der Waals surface area contributed by atoms with E-state index in [1.807, 2.05) is 19.1 Å². The summed E-state index contributed by atoms with van der Waals surface area (Å²) in [6.07, 6.45) is -2.30. The summed E-state index contributed by atoms with van der Waals surface area (Å²) in [5.74, 6) is -0.500. The molecule has 9 heteroatoms. The van der Waals surface area contributed by atoms with Crippen molar-refractivity contribution in [1.29, 1.82) is 0 Å². The Labute approximate surface area is 161 Å². The van der Waals surface area contributed by atoms with Crippen molar-refractivity contribution in [3.8, 4) is 16.9 Å². The molecule has 0 radical (unpaired) electrons. The highest BCUT2D eigenvalue weighted by Crippen LogP contribution is 2.35. The molecule has 0 saturated carbocycles. The van der Waals surface area contributed by atoms with Crippen LogP contribution in [-0.2, 0) is 22.9 Å². The summed E-state index contributed by atoms with van der Waals surface area (Å²) in [7, 11) is -4.13. The number of primary sulfonamides is 1. The van der Waals surface area contributed by atoms with E-state index in [0.29, 0.717) is 11.6 Å². The lowest BCUT2D eigenvalue weighted by Gasteiger charge is -2.26. The zero-order chi connectivity index (χ0) is 20.5. The summed E-state index contributed by atoms with van der Waals surface area (Å²) in [5, 5.41) is 8.67. The normalized spacial score (nSPS) is 17.2. The lowest BCUT2D eigenvalue weighted by Crippen LogP contribution is -2.34. The number of halogens is 3. The molecule has 1 atom stereocenters. The summed E-state index contributed by atoms with van der Waals surface area (Å²) >= 11 is 0. The molecule has 0 spiro atoms. The summed E-state index contributed by atoms with van der Waals surface area (Å²) < 4.78 is 65.5. The number of nitrogens with two attached hydrogens (primary N) is 1. The summed E-state index contributed by atoms with van der Waals surface area (Å²) in [6.45, 7) is 2.92. The van der Waals surface area contributed by atoms with E-state index >= 15 is 0 Å². The topological polar surface area (TPSA) is 81.4 Å². The van der Waals surface area contributed by atoms with E-state index in [2.05, 4.69) is 10.1 Å². The van der Waals surface area contributed by atoms with Gasteiger partial charge in [-0.05, 0) is 60.7 Å². The van der Waals surface area contributed by atoms with Gasteiger partial charge < -0.3 is 10.1 Å². The highest BCUT2D eigenvalue weighted by Gasteiger charge is 2.32. The molecule has 0 heterocycles. The van der Waals surface area contributed by atoms with Gasteiger partial charge in [-0.15, -0.1) is 13.2 Å². The molecule has 0 aliphatic heterocycles. The first-order valence-corrected chi connectivity index (χ1v) is 10.4. The first-order chi connectivity index (χ1) is 13.1. The molecule has 3 N–H and O–H groups in total. The van der Waals surface area contributed by atoms with Gasteiger partial charge in [-0.2, -0.15) is 0 Å². The van der Waals surface area contributed by atoms with E-state index in [0.717, 1.165) is 55.1 Å². The molecule has 152 valence electrons. The largest absolute Gasteiger partial charge is 0.573 e. The highest BCUT2D eigenvalue weighted by molar-refractivity contribution is 7.89. The van der Waals surface area contributed by atoms with Gasteiger partial charge in [-0.25, -0.2) is 13.6 Å². The van der Waals surface area contributed by atoms with Gasteiger partial charge in [-0.1, -0.05) is 25.1 Å². The Balaban J connectivity index is 2.03. The molecule has 1 aliphatic carbocycles. The van der Waals surface area contributed by atoms with Gasteiger partial charge in [-0.3, -0.25) is 0 Å². The smallest absolute Gasteiger partial charge is 0.406 e. The lowest BCUT2D eigenvalue weighted by molar-refractivity contribution is -0.274. The molecule has 0 saturated heterocycles. The van der Waals surface area contributed by atoms with Crippen molar-refractivity contribution in [3.05, 3.63) is 47.5 Å². The summed E-state index contributed by atoms with van der Waals surface area (Å²) in [5.41, 5.74) is 2.76. The quantitative estimate of drug-likeness (QED) is 0.786. The van der Waals surface area contributed by atoms with Gasteiger partial charge in [0.05, 0.1) is 4.90 Å². The molecule has 2 aromatic rings. The average Bonchev–Trinajstić information content (AvgIpc) is 2.59. The lowest BCUT2D eigenvalue weighted by atomic mass is 9.86. The van der Waals surface area contributed by atoms with Crippen molar-refractivity contribution < 1.29 is 26.3 Å². The van der Waals surface area contributed by atoms with Crippen LogP contribution in [0.15, 0.2) is 41.3 Å². The predicted octanol–water partition coefficient (Wildman–Crippen LogP) is 3.37. The van der Waals surface area contributed by atoms with Gasteiger partial charge >= 0.3 is 6.36 Å². The fraction of sp³-hybridized carbons (Fsp3) is 0.368. The number of hydrogen-bond acceptors (Lipinski definition) is 4. The molecule has 0 bridgehead atoms. The summed E-state index contributed by atoms with van der Waals surface area (Å²) in [6, 6.07) is 8.82. The number of aryl methyl sites for hydroxylation is 1. The van der Waals surface area contributed by atoms with Crippen molar-refractivity contribution in [2.45, 2.75) is 43.5 Å². The number of nitrogens with one attached hydrogen (secondary N) is 1. The molecule has 2 aromatic carbocycles. The average molecular weight is 414 g/mol. The number of likely N-dealkylation sites (N-methyl/N-ethyl adjacent to an activating group) is 1. The summed E-state index contributed by atoms with van der Waals surface area (Å²) in [4.78, 5) is -0.247. The molecule has 1 aliphatic rings. The fourth-order valence-electron chi connectivity index (χ4n) is 3.57. The molecular weight excluding hydrogens is 393 g/mol. The monoisotopic (exact) mass is 414 g/mol.